The van der Waals surface area contributed by atoms with Gasteiger partial charge in [0, 0.05) is 12.4 Å². The van der Waals surface area contributed by atoms with E-state index in [1.54, 1.807) is 12.4 Å². The van der Waals surface area contributed by atoms with Gasteiger partial charge in [-0.1, -0.05) is 41.5 Å². The molecule has 0 saturated heterocycles. The smallest absolute Gasteiger partial charge is 0.0646 e. The molecule has 0 atom stereocenters. The number of hydrogen-bond acceptors (Lipinski definition) is 2. The summed E-state index contributed by atoms with van der Waals surface area (Å²) in [5.74, 6) is 0.937. The molecule has 0 bridgehead atoms. The molecule has 1 aromatic rings. The van der Waals surface area contributed by atoms with E-state index in [1.807, 2.05) is 13.8 Å². The van der Waals surface area contributed by atoms with Gasteiger partial charge in [0.25, 0.3) is 0 Å². The van der Waals surface area contributed by atoms with Gasteiger partial charge in [-0.3, -0.25) is 9.97 Å². The van der Waals surface area contributed by atoms with Crippen LogP contribution in [0.5, 0.6) is 0 Å². The maximum absolute atomic E-state index is 4.34. The van der Waals surface area contributed by atoms with Crippen molar-refractivity contribution in [1.82, 2.24) is 9.97 Å². The van der Waals surface area contributed by atoms with Crippen LogP contribution >= 0.6 is 0 Å². The summed E-state index contributed by atoms with van der Waals surface area (Å²) in [4.78, 5) is 8.67. The Morgan fingerprint density at radius 2 is 1.07 bits per heavy atom. The highest BCUT2D eigenvalue weighted by molar-refractivity contribution is 5.17. The van der Waals surface area contributed by atoms with Crippen molar-refractivity contribution in [3.05, 3.63) is 23.8 Å². The first kappa shape index (κ1) is 13.1. The Labute approximate surface area is 87.8 Å². The molecule has 0 aliphatic rings. The summed E-state index contributed by atoms with van der Waals surface area (Å²) in [6.45, 7) is 12.6. The van der Waals surface area contributed by atoms with E-state index < -0.39 is 0 Å². The first-order chi connectivity index (χ1) is 6.63. The van der Waals surface area contributed by atoms with Crippen LogP contribution in [0.1, 0.15) is 64.8 Å². The van der Waals surface area contributed by atoms with Gasteiger partial charge in [0.15, 0.2) is 0 Å². The minimum Gasteiger partial charge on any atom is -0.258 e. The molecule has 14 heavy (non-hydrogen) atoms. The maximum atomic E-state index is 4.34. The Bertz CT molecular complexity index is 227. The largest absolute Gasteiger partial charge is 0.258 e. The van der Waals surface area contributed by atoms with Gasteiger partial charge in [0.2, 0.25) is 0 Å². The van der Waals surface area contributed by atoms with Gasteiger partial charge >= 0.3 is 0 Å². The summed E-state index contributed by atoms with van der Waals surface area (Å²) in [5.41, 5.74) is 2.26. The average molecular weight is 194 g/mol. The zero-order valence-electron chi connectivity index (χ0n) is 10.2. The van der Waals surface area contributed by atoms with Gasteiger partial charge < -0.3 is 0 Å². The Morgan fingerprint density at radius 3 is 1.29 bits per heavy atom. The molecule has 80 valence electrons. The SMILES string of the molecule is CC.CC(C)c1nccnc1C(C)C. The quantitative estimate of drug-likeness (QED) is 0.716. The molecule has 0 N–H and O–H groups in total. The first-order valence-corrected chi connectivity index (χ1v) is 5.43. The zero-order chi connectivity index (χ0) is 11.1. The summed E-state index contributed by atoms with van der Waals surface area (Å²) in [7, 11) is 0. The minimum absolute atomic E-state index is 0.469. The molecule has 0 aliphatic heterocycles. The molecule has 0 spiro atoms. The third-order valence-corrected chi connectivity index (χ3v) is 1.85. The summed E-state index contributed by atoms with van der Waals surface area (Å²) in [6, 6.07) is 0. The van der Waals surface area contributed by atoms with Crippen molar-refractivity contribution < 1.29 is 0 Å². The molecule has 0 unspecified atom stereocenters. The Morgan fingerprint density at radius 1 is 0.786 bits per heavy atom. The van der Waals surface area contributed by atoms with E-state index in [9.17, 15) is 0 Å². The fourth-order valence-corrected chi connectivity index (χ4v) is 1.25. The highest BCUT2D eigenvalue weighted by Gasteiger charge is 2.11. The fourth-order valence-electron chi connectivity index (χ4n) is 1.25. The second kappa shape index (κ2) is 6.52. The van der Waals surface area contributed by atoms with E-state index in [0.29, 0.717) is 11.8 Å². The molecule has 0 aliphatic carbocycles. The summed E-state index contributed by atoms with van der Waals surface area (Å²) < 4.78 is 0. The van der Waals surface area contributed by atoms with Gasteiger partial charge in [-0.05, 0) is 11.8 Å². The van der Waals surface area contributed by atoms with Crippen LogP contribution in [0.4, 0.5) is 0 Å². The Kier molecular flexibility index (Phi) is 6.09. The van der Waals surface area contributed by atoms with Crippen LogP contribution in [-0.2, 0) is 0 Å². The van der Waals surface area contributed by atoms with Gasteiger partial charge in [-0.15, -0.1) is 0 Å². The molecule has 0 radical (unpaired) electrons. The van der Waals surface area contributed by atoms with Crippen LogP contribution in [0, 0.1) is 0 Å². The topological polar surface area (TPSA) is 25.8 Å². The number of aromatic nitrogens is 2. The standard InChI is InChI=1S/C10H16N2.C2H6/c1-7(2)9-10(8(3)4)12-6-5-11-9;1-2/h5-8H,1-4H3;1-2H3. The summed E-state index contributed by atoms with van der Waals surface area (Å²) >= 11 is 0. The molecular formula is C12H22N2. The highest BCUT2D eigenvalue weighted by atomic mass is 14.8. The van der Waals surface area contributed by atoms with Crippen LogP contribution in [0.15, 0.2) is 12.4 Å². The molecule has 0 amide bonds. The molecule has 0 aromatic carbocycles. The van der Waals surface area contributed by atoms with E-state index in [-0.39, 0.29) is 0 Å². The molecular weight excluding hydrogens is 172 g/mol. The molecule has 2 nitrogen and oxygen atoms in total. The normalized spacial score (nSPS) is 10.0. The van der Waals surface area contributed by atoms with Crippen molar-refractivity contribution in [1.29, 1.82) is 0 Å². The zero-order valence-corrected chi connectivity index (χ0v) is 10.2. The van der Waals surface area contributed by atoms with Crippen molar-refractivity contribution in [3.63, 3.8) is 0 Å². The third-order valence-electron chi connectivity index (χ3n) is 1.85. The van der Waals surface area contributed by atoms with Gasteiger partial charge in [0.1, 0.15) is 0 Å². The predicted molar refractivity (Wildman–Crippen MR) is 61.6 cm³/mol. The van der Waals surface area contributed by atoms with Crippen LogP contribution in [0.2, 0.25) is 0 Å². The first-order valence-electron chi connectivity index (χ1n) is 5.43. The van der Waals surface area contributed by atoms with E-state index in [4.69, 9.17) is 0 Å². The lowest BCUT2D eigenvalue weighted by Gasteiger charge is -2.11. The van der Waals surface area contributed by atoms with Crippen LogP contribution in [0.25, 0.3) is 0 Å². The predicted octanol–water partition coefficient (Wildman–Crippen LogP) is 3.75. The lowest BCUT2D eigenvalue weighted by molar-refractivity contribution is 0.726. The second-order valence-corrected chi connectivity index (χ2v) is 3.64. The molecule has 1 heterocycles. The van der Waals surface area contributed by atoms with Gasteiger partial charge in [0.05, 0.1) is 11.4 Å². The monoisotopic (exact) mass is 194 g/mol. The second-order valence-electron chi connectivity index (χ2n) is 3.64. The summed E-state index contributed by atoms with van der Waals surface area (Å²) in [6.07, 6.45) is 3.53. The molecule has 1 rings (SSSR count). The van der Waals surface area contributed by atoms with Crippen molar-refractivity contribution in [2.45, 2.75) is 53.4 Å². The average Bonchev–Trinajstić information content (AvgIpc) is 2.20. The van der Waals surface area contributed by atoms with Crippen molar-refractivity contribution in [3.8, 4) is 0 Å². The number of hydrogen-bond donors (Lipinski definition) is 0. The molecule has 0 fully saturated rings. The molecule has 2 heteroatoms. The van der Waals surface area contributed by atoms with Crippen molar-refractivity contribution >= 4 is 0 Å². The van der Waals surface area contributed by atoms with Crippen LogP contribution < -0.4 is 0 Å². The van der Waals surface area contributed by atoms with E-state index in [1.165, 1.54) is 0 Å². The lowest BCUT2D eigenvalue weighted by atomic mass is 10.0. The van der Waals surface area contributed by atoms with Gasteiger partial charge in [-0.2, -0.15) is 0 Å². The van der Waals surface area contributed by atoms with Crippen molar-refractivity contribution in [2.24, 2.45) is 0 Å². The Hall–Kier alpha value is -0.920. The highest BCUT2D eigenvalue weighted by Crippen LogP contribution is 2.20. The van der Waals surface area contributed by atoms with E-state index >= 15 is 0 Å². The minimum atomic E-state index is 0.469. The lowest BCUT2D eigenvalue weighted by Crippen LogP contribution is -2.03. The summed E-state index contributed by atoms with van der Waals surface area (Å²) in [5, 5.41) is 0. The third kappa shape index (κ3) is 3.44. The van der Waals surface area contributed by atoms with E-state index in [0.717, 1.165) is 11.4 Å². The van der Waals surface area contributed by atoms with Gasteiger partial charge in [-0.25, -0.2) is 0 Å². The van der Waals surface area contributed by atoms with Crippen molar-refractivity contribution in [2.75, 3.05) is 0 Å². The van der Waals surface area contributed by atoms with E-state index in [2.05, 4.69) is 37.7 Å². The maximum Gasteiger partial charge on any atom is 0.0646 e. The number of nitrogens with zero attached hydrogens (tertiary/aromatic N) is 2. The van der Waals surface area contributed by atoms with Crippen LogP contribution in [0.3, 0.4) is 0 Å². The fraction of sp³-hybridized carbons (Fsp3) is 0.667. The Balaban J connectivity index is 0.000000791. The molecule has 1 aromatic heterocycles. The number of rotatable bonds is 2. The van der Waals surface area contributed by atoms with Crippen LogP contribution in [-0.4, -0.2) is 9.97 Å². The molecule has 0 saturated carbocycles.